The highest BCUT2D eigenvalue weighted by Crippen LogP contribution is 2.04. The van der Waals surface area contributed by atoms with Gasteiger partial charge in [-0.3, -0.25) is 0 Å². The van der Waals surface area contributed by atoms with Crippen molar-refractivity contribution in [2.75, 3.05) is 19.8 Å². The minimum Gasteiger partial charge on any atom is -0.478 e. The van der Waals surface area contributed by atoms with E-state index in [9.17, 15) is 4.79 Å². The molecule has 2 N–H and O–H groups in total. The highest BCUT2D eigenvalue weighted by atomic mass is 16.5. The van der Waals surface area contributed by atoms with E-state index in [2.05, 4.69) is 5.32 Å². The van der Waals surface area contributed by atoms with Gasteiger partial charge >= 0.3 is 5.97 Å². The number of carbonyl (C=O) groups is 1. The summed E-state index contributed by atoms with van der Waals surface area (Å²) in [6.45, 7) is 5.18. The van der Waals surface area contributed by atoms with Crippen LogP contribution in [-0.2, 0) is 11.3 Å². The molecule has 4 nitrogen and oxygen atoms in total. The van der Waals surface area contributed by atoms with Crippen molar-refractivity contribution in [3.63, 3.8) is 0 Å². The maximum absolute atomic E-state index is 10.6. The predicted molar refractivity (Wildman–Crippen MR) is 66.2 cm³/mol. The Morgan fingerprint density at radius 3 is 2.65 bits per heavy atom. The molecule has 17 heavy (non-hydrogen) atoms. The van der Waals surface area contributed by atoms with Crippen LogP contribution in [0, 0.1) is 0 Å². The molecule has 0 amide bonds. The second kappa shape index (κ2) is 7.81. The van der Waals surface area contributed by atoms with Gasteiger partial charge in [-0.1, -0.05) is 12.1 Å². The highest BCUT2D eigenvalue weighted by molar-refractivity contribution is 5.87. The van der Waals surface area contributed by atoms with Gasteiger partial charge in [-0.2, -0.15) is 0 Å². The molecular formula is C13H19NO3. The molecular weight excluding hydrogens is 218 g/mol. The van der Waals surface area contributed by atoms with E-state index in [1.54, 1.807) is 12.1 Å². The molecule has 0 spiro atoms. The van der Waals surface area contributed by atoms with Crippen molar-refractivity contribution in [3.05, 3.63) is 35.4 Å². The number of hydrogen-bond donors (Lipinski definition) is 2. The second-order valence-corrected chi connectivity index (χ2v) is 3.73. The van der Waals surface area contributed by atoms with Gasteiger partial charge in [0.25, 0.3) is 0 Å². The molecule has 4 heteroatoms. The maximum atomic E-state index is 10.6. The Morgan fingerprint density at radius 1 is 1.35 bits per heavy atom. The van der Waals surface area contributed by atoms with Gasteiger partial charge in [-0.05, 0) is 37.6 Å². The van der Waals surface area contributed by atoms with Gasteiger partial charge in [0.15, 0.2) is 0 Å². The third-order valence-corrected chi connectivity index (χ3v) is 2.38. The molecule has 0 radical (unpaired) electrons. The van der Waals surface area contributed by atoms with Crippen molar-refractivity contribution < 1.29 is 14.6 Å². The minimum absolute atomic E-state index is 0.324. The lowest BCUT2D eigenvalue weighted by molar-refractivity contribution is 0.0697. The molecule has 1 aromatic rings. The summed E-state index contributed by atoms with van der Waals surface area (Å²) in [5.74, 6) is -0.888. The number of rotatable bonds is 8. The van der Waals surface area contributed by atoms with Gasteiger partial charge in [0, 0.05) is 19.8 Å². The molecule has 0 saturated carbocycles. The van der Waals surface area contributed by atoms with Crippen LogP contribution < -0.4 is 5.32 Å². The number of nitrogens with one attached hydrogen (secondary N) is 1. The first kappa shape index (κ1) is 13.7. The quantitative estimate of drug-likeness (QED) is 0.678. The van der Waals surface area contributed by atoms with E-state index < -0.39 is 5.97 Å². The normalized spacial score (nSPS) is 10.4. The molecule has 0 heterocycles. The fourth-order valence-electron chi connectivity index (χ4n) is 1.44. The topological polar surface area (TPSA) is 58.6 Å². The summed E-state index contributed by atoms with van der Waals surface area (Å²) in [5, 5.41) is 12.0. The molecule has 0 unspecified atom stereocenters. The molecule has 0 aliphatic carbocycles. The van der Waals surface area contributed by atoms with E-state index in [0.29, 0.717) is 5.56 Å². The van der Waals surface area contributed by atoms with Gasteiger partial charge in [-0.15, -0.1) is 0 Å². The SMILES string of the molecule is CCOCCCNCc1ccc(C(=O)O)cc1. The fourth-order valence-corrected chi connectivity index (χ4v) is 1.44. The van der Waals surface area contributed by atoms with Crippen LogP contribution in [0.2, 0.25) is 0 Å². The van der Waals surface area contributed by atoms with E-state index in [-0.39, 0.29) is 0 Å². The summed E-state index contributed by atoms with van der Waals surface area (Å²) in [4.78, 5) is 10.6. The first-order chi connectivity index (χ1) is 8.24. The Kier molecular flexibility index (Phi) is 6.29. The highest BCUT2D eigenvalue weighted by Gasteiger charge is 2.01. The molecule has 0 aliphatic heterocycles. The number of hydrogen-bond acceptors (Lipinski definition) is 3. The lowest BCUT2D eigenvalue weighted by Crippen LogP contribution is -2.16. The van der Waals surface area contributed by atoms with Gasteiger partial charge in [-0.25, -0.2) is 4.79 Å². The van der Waals surface area contributed by atoms with Crippen molar-refractivity contribution in [1.29, 1.82) is 0 Å². The van der Waals surface area contributed by atoms with Crippen LogP contribution in [0.1, 0.15) is 29.3 Å². The molecule has 0 bridgehead atoms. The maximum Gasteiger partial charge on any atom is 0.335 e. The average molecular weight is 237 g/mol. The monoisotopic (exact) mass is 237 g/mol. The zero-order chi connectivity index (χ0) is 12.5. The third kappa shape index (κ3) is 5.47. The molecule has 1 aromatic carbocycles. The van der Waals surface area contributed by atoms with Crippen molar-refractivity contribution in [2.24, 2.45) is 0 Å². The van der Waals surface area contributed by atoms with E-state index in [0.717, 1.165) is 38.3 Å². The first-order valence-electron chi connectivity index (χ1n) is 5.84. The Morgan fingerprint density at radius 2 is 2.06 bits per heavy atom. The second-order valence-electron chi connectivity index (χ2n) is 3.73. The lowest BCUT2D eigenvalue weighted by atomic mass is 10.1. The summed E-state index contributed by atoms with van der Waals surface area (Å²) >= 11 is 0. The largest absolute Gasteiger partial charge is 0.478 e. The Balaban J connectivity index is 2.21. The van der Waals surface area contributed by atoms with Crippen LogP contribution in [-0.4, -0.2) is 30.8 Å². The van der Waals surface area contributed by atoms with E-state index in [4.69, 9.17) is 9.84 Å². The van der Waals surface area contributed by atoms with Crippen LogP contribution in [0.3, 0.4) is 0 Å². The van der Waals surface area contributed by atoms with Gasteiger partial charge in [0.05, 0.1) is 5.56 Å². The summed E-state index contributed by atoms with van der Waals surface area (Å²) in [7, 11) is 0. The first-order valence-corrected chi connectivity index (χ1v) is 5.84. The Bertz CT molecular complexity index is 335. The predicted octanol–water partition coefficient (Wildman–Crippen LogP) is 1.90. The lowest BCUT2D eigenvalue weighted by Gasteiger charge is -2.05. The summed E-state index contributed by atoms with van der Waals surface area (Å²) in [6, 6.07) is 6.91. The Labute approximate surface area is 102 Å². The Hall–Kier alpha value is -1.39. The molecule has 0 fully saturated rings. The van der Waals surface area contributed by atoms with Crippen molar-refractivity contribution in [3.8, 4) is 0 Å². The van der Waals surface area contributed by atoms with Crippen LogP contribution in [0.15, 0.2) is 24.3 Å². The third-order valence-electron chi connectivity index (χ3n) is 2.38. The molecule has 0 atom stereocenters. The average Bonchev–Trinajstić information content (AvgIpc) is 2.34. The van der Waals surface area contributed by atoms with Gasteiger partial charge < -0.3 is 15.2 Å². The summed E-state index contributed by atoms with van der Waals surface area (Å²) < 4.78 is 5.22. The number of benzene rings is 1. The number of aromatic carboxylic acids is 1. The zero-order valence-corrected chi connectivity index (χ0v) is 10.1. The standard InChI is InChI=1S/C13H19NO3/c1-2-17-9-3-8-14-10-11-4-6-12(7-5-11)13(15)16/h4-7,14H,2-3,8-10H2,1H3,(H,15,16). The molecule has 0 aromatic heterocycles. The number of carboxylic acid groups (broad SMARTS) is 1. The van der Waals surface area contributed by atoms with E-state index >= 15 is 0 Å². The molecule has 0 aliphatic rings. The van der Waals surface area contributed by atoms with Crippen molar-refractivity contribution in [1.82, 2.24) is 5.32 Å². The van der Waals surface area contributed by atoms with Gasteiger partial charge in [0.2, 0.25) is 0 Å². The van der Waals surface area contributed by atoms with Crippen molar-refractivity contribution in [2.45, 2.75) is 19.9 Å². The van der Waals surface area contributed by atoms with Gasteiger partial charge in [0.1, 0.15) is 0 Å². The molecule has 94 valence electrons. The summed E-state index contributed by atoms with van der Waals surface area (Å²) in [6.07, 6.45) is 0.987. The van der Waals surface area contributed by atoms with Crippen LogP contribution in [0.4, 0.5) is 0 Å². The number of carboxylic acids is 1. The van der Waals surface area contributed by atoms with Crippen LogP contribution in [0.5, 0.6) is 0 Å². The number of ether oxygens (including phenoxy) is 1. The minimum atomic E-state index is -0.888. The fraction of sp³-hybridized carbons (Fsp3) is 0.462. The van der Waals surface area contributed by atoms with E-state index in [1.165, 1.54) is 0 Å². The summed E-state index contributed by atoms with van der Waals surface area (Å²) in [5.41, 5.74) is 1.41. The molecule has 0 saturated heterocycles. The zero-order valence-electron chi connectivity index (χ0n) is 10.1. The molecule has 1 rings (SSSR count). The van der Waals surface area contributed by atoms with Crippen LogP contribution >= 0.6 is 0 Å². The van der Waals surface area contributed by atoms with E-state index in [1.807, 2.05) is 19.1 Å². The smallest absolute Gasteiger partial charge is 0.335 e. The van der Waals surface area contributed by atoms with Crippen molar-refractivity contribution >= 4 is 5.97 Å². The van der Waals surface area contributed by atoms with Crippen LogP contribution in [0.25, 0.3) is 0 Å².